The Kier molecular flexibility index (Phi) is 3.75. The van der Waals surface area contributed by atoms with Gasteiger partial charge in [-0.3, -0.25) is 0 Å². The first-order valence-electron chi connectivity index (χ1n) is 7.98. The number of nitrogens with zero attached hydrogens (tertiary/aromatic N) is 1. The van der Waals surface area contributed by atoms with Crippen molar-refractivity contribution in [3.8, 4) is 0 Å². The van der Waals surface area contributed by atoms with Crippen LogP contribution in [0.2, 0.25) is 0 Å². The van der Waals surface area contributed by atoms with Crippen LogP contribution in [0, 0.1) is 0 Å². The average Bonchev–Trinajstić information content (AvgIpc) is 3.17. The van der Waals surface area contributed by atoms with E-state index in [1.54, 1.807) is 6.07 Å². The number of hydrogen-bond acceptors (Lipinski definition) is 4. The molecule has 0 amide bonds. The van der Waals surface area contributed by atoms with Crippen molar-refractivity contribution in [1.82, 2.24) is 14.3 Å². The number of aromatic nitrogens is 2. The van der Waals surface area contributed by atoms with Crippen molar-refractivity contribution in [3.63, 3.8) is 0 Å². The molecule has 0 unspecified atom stereocenters. The van der Waals surface area contributed by atoms with E-state index in [1.807, 2.05) is 30.3 Å². The number of nitrogens with one attached hydrogen (secondary N) is 2. The number of rotatable bonds is 3. The summed E-state index contributed by atoms with van der Waals surface area (Å²) < 4.78 is 27.4. The van der Waals surface area contributed by atoms with Gasteiger partial charge in [-0.25, -0.2) is 13.2 Å². The van der Waals surface area contributed by atoms with Crippen molar-refractivity contribution in [3.05, 3.63) is 64.6 Å². The molecular formula is C17H18N4O3S. The summed E-state index contributed by atoms with van der Waals surface area (Å²) in [6, 6.07) is 14.0. The van der Waals surface area contributed by atoms with Gasteiger partial charge >= 0.3 is 5.69 Å². The molecule has 0 spiro atoms. The lowest BCUT2D eigenvalue weighted by atomic mass is 9.95. The number of fused-ring (bicyclic) bond motifs is 1. The lowest BCUT2D eigenvalue weighted by Gasteiger charge is -2.16. The first kappa shape index (κ1) is 16.1. The molecule has 7 nitrogen and oxygen atoms in total. The molecule has 25 heavy (non-hydrogen) atoms. The topological polar surface area (TPSA) is 112 Å². The van der Waals surface area contributed by atoms with Gasteiger partial charge in [0.25, 0.3) is 0 Å². The smallest absolute Gasteiger partial charge is 0.323 e. The minimum Gasteiger partial charge on any atom is -0.326 e. The van der Waals surface area contributed by atoms with E-state index in [0.29, 0.717) is 17.6 Å². The molecule has 1 aliphatic rings. The molecule has 2 atom stereocenters. The lowest BCUT2D eigenvalue weighted by Crippen LogP contribution is -2.32. The Morgan fingerprint density at radius 1 is 1.00 bits per heavy atom. The second kappa shape index (κ2) is 5.83. The standard InChI is InChI=1S/C17H18N4O3S/c18-14-10-21(9-13(14)11-4-2-1-3-5-11)25(23,24)12-6-7-15-16(8-12)20-17(22)19-15/h1-8,13-14H,9-10,18H2,(H2,19,20,22)/t13-,14+/m1/s1. The summed E-state index contributed by atoms with van der Waals surface area (Å²) in [5.41, 5.74) is 7.93. The maximum atomic E-state index is 13.0. The van der Waals surface area contributed by atoms with E-state index in [-0.39, 0.29) is 29.1 Å². The van der Waals surface area contributed by atoms with Gasteiger partial charge in [0.1, 0.15) is 0 Å². The summed E-state index contributed by atoms with van der Waals surface area (Å²) in [6.07, 6.45) is 0. The highest BCUT2D eigenvalue weighted by Gasteiger charge is 2.38. The van der Waals surface area contributed by atoms with E-state index in [0.717, 1.165) is 5.56 Å². The molecule has 4 rings (SSSR count). The van der Waals surface area contributed by atoms with Crippen LogP contribution in [0.4, 0.5) is 0 Å². The number of imidazole rings is 1. The summed E-state index contributed by atoms with van der Waals surface area (Å²) >= 11 is 0. The summed E-state index contributed by atoms with van der Waals surface area (Å²) in [7, 11) is -3.68. The highest BCUT2D eigenvalue weighted by atomic mass is 32.2. The van der Waals surface area contributed by atoms with Crippen LogP contribution in [0.3, 0.4) is 0 Å². The Bertz CT molecular complexity index is 1070. The van der Waals surface area contributed by atoms with Gasteiger partial charge in [-0.15, -0.1) is 0 Å². The van der Waals surface area contributed by atoms with Crippen LogP contribution in [-0.2, 0) is 10.0 Å². The van der Waals surface area contributed by atoms with Crippen LogP contribution in [0.5, 0.6) is 0 Å². The van der Waals surface area contributed by atoms with Gasteiger partial charge in [0.05, 0.1) is 15.9 Å². The molecule has 1 saturated heterocycles. The number of aromatic amines is 2. The van der Waals surface area contributed by atoms with Crippen molar-refractivity contribution >= 4 is 21.1 Å². The fourth-order valence-corrected chi connectivity index (χ4v) is 4.89. The average molecular weight is 358 g/mol. The fourth-order valence-electron chi connectivity index (χ4n) is 3.36. The first-order valence-corrected chi connectivity index (χ1v) is 9.42. The van der Waals surface area contributed by atoms with Crippen molar-refractivity contribution in [2.45, 2.75) is 16.9 Å². The molecule has 3 aromatic rings. The molecule has 2 heterocycles. The summed E-state index contributed by atoms with van der Waals surface area (Å²) in [4.78, 5) is 16.7. The summed E-state index contributed by atoms with van der Waals surface area (Å²) in [6.45, 7) is 0.610. The minimum absolute atomic E-state index is 0.0354. The Balaban J connectivity index is 1.67. The van der Waals surface area contributed by atoms with E-state index >= 15 is 0 Å². The van der Waals surface area contributed by atoms with E-state index < -0.39 is 10.0 Å². The molecule has 0 aliphatic carbocycles. The van der Waals surface area contributed by atoms with Gasteiger partial charge in [0.2, 0.25) is 10.0 Å². The normalized spacial score (nSPS) is 21.8. The molecule has 1 fully saturated rings. The third kappa shape index (κ3) is 2.78. The predicted molar refractivity (Wildman–Crippen MR) is 94.8 cm³/mol. The second-order valence-electron chi connectivity index (χ2n) is 6.29. The predicted octanol–water partition coefficient (Wildman–Crippen LogP) is 0.972. The quantitative estimate of drug-likeness (QED) is 0.647. The van der Waals surface area contributed by atoms with E-state index in [9.17, 15) is 13.2 Å². The number of benzene rings is 2. The van der Waals surface area contributed by atoms with Gasteiger partial charge in [-0.1, -0.05) is 30.3 Å². The van der Waals surface area contributed by atoms with Crippen molar-refractivity contribution < 1.29 is 8.42 Å². The minimum atomic E-state index is -3.68. The number of hydrogen-bond donors (Lipinski definition) is 3. The maximum Gasteiger partial charge on any atom is 0.323 e. The van der Waals surface area contributed by atoms with Crippen LogP contribution in [0.25, 0.3) is 11.0 Å². The highest BCUT2D eigenvalue weighted by Crippen LogP contribution is 2.30. The zero-order valence-electron chi connectivity index (χ0n) is 13.3. The third-order valence-electron chi connectivity index (χ3n) is 4.68. The Morgan fingerprint density at radius 3 is 2.48 bits per heavy atom. The molecule has 1 aromatic heterocycles. The molecule has 130 valence electrons. The molecule has 0 bridgehead atoms. The van der Waals surface area contributed by atoms with Gasteiger partial charge in [0, 0.05) is 25.0 Å². The second-order valence-corrected chi connectivity index (χ2v) is 8.23. The largest absolute Gasteiger partial charge is 0.326 e. The van der Waals surface area contributed by atoms with Crippen LogP contribution in [-0.4, -0.2) is 41.8 Å². The van der Waals surface area contributed by atoms with Gasteiger partial charge in [-0.05, 0) is 23.8 Å². The molecule has 1 aliphatic heterocycles. The lowest BCUT2D eigenvalue weighted by molar-refractivity contribution is 0.470. The molecule has 8 heteroatoms. The van der Waals surface area contributed by atoms with E-state index in [4.69, 9.17) is 5.73 Å². The zero-order chi connectivity index (χ0) is 17.6. The van der Waals surface area contributed by atoms with E-state index in [1.165, 1.54) is 16.4 Å². The highest BCUT2D eigenvalue weighted by molar-refractivity contribution is 7.89. The number of nitrogens with two attached hydrogens (primary N) is 1. The number of sulfonamides is 1. The Morgan fingerprint density at radius 2 is 1.72 bits per heavy atom. The monoisotopic (exact) mass is 358 g/mol. The van der Waals surface area contributed by atoms with Gasteiger partial charge in [0.15, 0.2) is 0 Å². The Hall–Kier alpha value is -2.42. The Labute approximate surface area is 144 Å². The fraction of sp³-hybridized carbons (Fsp3) is 0.235. The van der Waals surface area contributed by atoms with Crippen LogP contribution in [0.1, 0.15) is 11.5 Å². The summed E-state index contributed by atoms with van der Waals surface area (Å²) in [5, 5.41) is 0. The third-order valence-corrected chi connectivity index (χ3v) is 6.51. The van der Waals surface area contributed by atoms with Gasteiger partial charge in [-0.2, -0.15) is 4.31 Å². The van der Waals surface area contributed by atoms with Gasteiger partial charge < -0.3 is 15.7 Å². The van der Waals surface area contributed by atoms with Crippen molar-refractivity contribution in [1.29, 1.82) is 0 Å². The summed E-state index contributed by atoms with van der Waals surface area (Å²) in [5.74, 6) is -0.0354. The molecule has 0 saturated carbocycles. The molecule has 0 radical (unpaired) electrons. The van der Waals surface area contributed by atoms with Crippen LogP contribution in [0.15, 0.2) is 58.2 Å². The van der Waals surface area contributed by atoms with Crippen LogP contribution < -0.4 is 11.4 Å². The molecule has 2 aromatic carbocycles. The maximum absolute atomic E-state index is 13.0. The first-order chi connectivity index (χ1) is 11.9. The number of H-pyrrole nitrogens is 2. The molecular weight excluding hydrogens is 340 g/mol. The van der Waals surface area contributed by atoms with E-state index in [2.05, 4.69) is 9.97 Å². The van der Waals surface area contributed by atoms with Crippen LogP contribution >= 0.6 is 0 Å². The van der Waals surface area contributed by atoms with Crippen molar-refractivity contribution in [2.75, 3.05) is 13.1 Å². The SMILES string of the molecule is N[C@H]1CN(S(=O)(=O)c2ccc3[nH]c(=O)[nH]c3c2)C[C@@H]1c1ccccc1. The molecule has 4 N–H and O–H groups in total. The zero-order valence-corrected chi connectivity index (χ0v) is 14.2. The van der Waals surface area contributed by atoms with Crippen molar-refractivity contribution in [2.24, 2.45) is 5.73 Å².